The fourth-order valence-electron chi connectivity index (χ4n) is 3.69. The van der Waals surface area contributed by atoms with Crippen LogP contribution in [0.1, 0.15) is 47.6 Å². The molecule has 8 heteroatoms. The Labute approximate surface area is 176 Å². The van der Waals surface area contributed by atoms with Gasteiger partial charge in [-0.25, -0.2) is 8.78 Å². The standard InChI is InChI=1S/C22H30F2N4O2/c1-15(2)7-11-28-20-8-10-27(13-16-18(23)5-4-6-19(16)24)14-17(20)21(26-28)22(29)25-9-12-30-3/h4-6,15H,7-14H2,1-3H3,(H,25,29). The largest absolute Gasteiger partial charge is 0.383 e. The van der Waals surface area contributed by atoms with E-state index in [1.54, 1.807) is 7.11 Å². The number of benzene rings is 1. The van der Waals surface area contributed by atoms with Gasteiger partial charge < -0.3 is 10.1 Å². The molecule has 0 saturated heterocycles. The number of methoxy groups -OCH3 is 1. The Balaban J connectivity index is 1.83. The van der Waals surface area contributed by atoms with Gasteiger partial charge in [-0.15, -0.1) is 0 Å². The molecule has 1 aliphatic heterocycles. The Morgan fingerprint density at radius 3 is 2.70 bits per heavy atom. The molecule has 0 atom stereocenters. The van der Waals surface area contributed by atoms with Crippen LogP contribution in [0.4, 0.5) is 8.78 Å². The zero-order valence-corrected chi connectivity index (χ0v) is 17.9. The van der Waals surface area contributed by atoms with Crippen LogP contribution in [0.5, 0.6) is 0 Å². The third-order valence-electron chi connectivity index (χ3n) is 5.38. The molecule has 2 heterocycles. The molecule has 0 saturated carbocycles. The minimum absolute atomic E-state index is 0.0549. The molecule has 1 amide bonds. The van der Waals surface area contributed by atoms with Crippen molar-refractivity contribution < 1.29 is 18.3 Å². The fourth-order valence-corrected chi connectivity index (χ4v) is 3.69. The SMILES string of the molecule is COCCNC(=O)c1nn(CCC(C)C)c2c1CN(Cc1c(F)cccc1F)CC2. The van der Waals surface area contributed by atoms with Crippen LogP contribution in [-0.4, -0.2) is 47.4 Å². The van der Waals surface area contributed by atoms with Crippen molar-refractivity contribution >= 4 is 5.91 Å². The lowest BCUT2D eigenvalue weighted by molar-refractivity contribution is 0.0928. The molecule has 1 aromatic carbocycles. The van der Waals surface area contributed by atoms with Gasteiger partial charge in [-0.3, -0.25) is 14.4 Å². The number of aryl methyl sites for hydroxylation is 1. The van der Waals surface area contributed by atoms with E-state index in [2.05, 4.69) is 24.3 Å². The average Bonchev–Trinajstić information content (AvgIpc) is 3.07. The smallest absolute Gasteiger partial charge is 0.272 e. The van der Waals surface area contributed by atoms with E-state index >= 15 is 0 Å². The van der Waals surface area contributed by atoms with Crippen molar-refractivity contribution in [2.45, 2.75) is 46.3 Å². The van der Waals surface area contributed by atoms with E-state index in [4.69, 9.17) is 4.74 Å². The van der Waals surface area contributed by atoms with E-state index < -0.39 is 11.6 Å². The summed E-state index contributed by atoms with van der Waals surface area (Å²) in [5.41, 5.74) is 2.33. The second-order valence-corrected chi connectivity index (χ2v) is 8.09. The lowest BCUT2D eigenvalue weighted by Gasteiger charge is -2.28. The molecule has 1 aromatic heterocycles. The van der Waals surface area contributed by atoms with Crippen molar-refractivity contribution in [1.82, 2.24) is 20.0 Å². The number of fused-ring (bicyclic) bond motifs is 1. The first kappa shape index (κ1) is 22.4. The van der Waals surface area contributed by atoms with Crippen LogP contribution in [0.15, 0.2) is 18.2 Å². The van der Waals surface area contributed by atoms with Crippen molar-refractivity contribution in [2.75, 3.05) is 26.8 Å². The molecule has 6 nitrogen and oxygen atoms in total. The minimum atomic E-state index is -0.550. The number of nitrogens with one attached hydrogen (secondary N) is 1. The number of amides is 1. The number of nitrogens with zero attached hydrogens (tertiary/aromatic N) is 3. The molecule has 0 aliphatic carbocycles. The molecule has 0 bridgehead atoms. The fraction of sp³-hybridized carbons (Fsp3) is 0.545. The Morgan fingerprint density at radius 1 is 1.30 bits per heavy atom. The number of hydrogen-bond donors (Lipinski definition) is 1. The van der Waals surface area contributed by atoms with Crippen LogP contribution in [0.3, 0.4) is 0 Å². The zero-order chi connectivity index (χ0) is 21.7. The van der Waals surface area contributed by atoms with E-state index in [0.717, 1.165) is 24.2 Å². The first-order chi connectivity index (χ1) is 14.4. The van der Waals surface area contributed by atoms with Crippen LogP contribution in [0.25, 0.3) is 0 Å². The maximum absolute atomic E-state index is 14.1. The van der Waals surface area contributed by atoms with Gasteiger partial charge in [0.1, 0.15) is 11.6 Å². The molecule has 2 aromatic rings. The monoisotopic (exact) mass is 420 g/mol. The molecule has 0 radical (unpaired) electrons. The molecule has 1 aliphatic rings. The van der Waals surface area contributed by atoms with Crippen LogP contribution in [0.2, 0.25) is 0 Å². The van der Waals surface area contributed by atoms with E-state index in [-0.39, 0.29) is 18.0 Å². The zero-order valence-electron chi connectivity index (χ0n) is 17.9. The summed E-state index contributed by atoms with van der Waals surface area (Å²) in [6.45, 7) is 7.09. The highest BCUT2D eigenvalue weighted by Crippen LogP contribution is 2.26. The molecule has 30 heavy (non-hydrogen) atoms. The number of ether oxygens (including phenoxy) is 1. The summed E-state index contributed by atoms with van der Waals surface area (Å²) in [4.78, 5) is 14.7. The van der Waals surface area contributed by atoms with Crippen LogP contribution < -0.4 is 5.32 Å². The van der Waals surface area contributed by atoms with Gasteiger partial charge in [0.2, 0.25) is 0 Å². The highest BCUT2D eigenvalue weighted by molar-refractivity contribution is 5.94. The maximum atomic E-state index is 14.1. The average molecular weight is 421 g/mol. The molecule has 3 rings (SSSR count). The lowest BCUT2D eigenvalue weighted by Crippen LogP contribution is -2.33. The second kappa shape index (κ2) is 10.1. The van der Waals surface area contributed by atoms with Gasteiger partial charge in [-0.1, -0.05) is 19.9 Å². The Bertz CT molecular complexity index is 862. The predicted molar refractivity (Wildman–Crippen MR) is 110 cm³/mol. The topological polar surface area (TPSA) is 59.4 Å². The molecule has 0 fully saturated rings. The van der Waals surface area contributed by atoms with Crippen molar-refractivity contribution in [3.8, 4) is 0 Å². The summed E-state index contributed by atoms with van der Waals surface area (Å²) in [6, 6.07) is 3.91. The summed E-state index contributed by atoms with van der Waals surface area (Å²) in [6.07, 6.45) is 1.64. The van der Waals surface area contributed by atoms with Crippen LogP contribution in [0, 0.1) is 17.6 Å². The van der Waals surface area contributed by atoms with Crippen molar-refractivity contribution in [1.29, 1.82) is 0 Å². The Kier molecular flexibility index (Phi) is 7.55. The van der Waals surface area contributed by atoms with Gasteiger partial charge >= 0.3 is 0 Å². The van der Waals surface area contributed by atoms with Crippen molar-refractivity contribution in [3.05, 3.63) is 52.3 Å². The van der Waals surface area contributed by atoms with Gasteiger partial charge in [0, 0.05) is 63.1 Å². The first-order valence-corrected chi connectivity index (χ1v) is 10.4. The molecule has 164 valence electrons. The van der Waals surface area contributed by atoms with Gasteiger partial charge in [0.15, 0.2) is 5.69 Å². The third kappa shape index (κ3) is 5.23. The van der Waals surface area contributed by atoms with Crippen molar-refractivity contribution in [3.63, 3.8) is 0 Å². The summed E-state index contributed by atoms with van der Waals surface area (Å²) < 4.78 is 35.1. The highest BCUT2D eigenvalue weighted by atomic mass is 19.1. The Hall–Kier alpha value is -2.32. The number of hydrogen-bond acceptors (Lipinski definition) is 4. The van der Waals surface area contributed by atoms with Crippen LogP contribution >= 0.6 is 0 Å². The summed E-state index contributed by atoms with van der Waals surface area (Å²) >= 11 is 0. The van der Waals surface area contributed by atoms with Crippen LogP contribution in [-0.2, 0) is 30.8 Å². The lowest BCUT2D eigenvalue weighted by atomic mass is 10.0. The molecule has 0 spiro atoms. The summed E-state index contributed by atoms with van der Waals surface area (Å²) in [5.74, 6) is -0.824. The molecule has 0 unspecified atom stereocenters. The number of carbonyl (C=O) groups is 1. The van der Waals surface area contributed by atoms with Gasteiger partial charge in [-0.2, -0.15) is 5.10 Å². The van der Waals surface area contributed by atoms with E-state index in [9.17, 15) is 13.6 Å². The van der Waals surface area contributed by atoms with Crippen molar-refractivity contribution in [2.24, 2.45) is 5.92 Å². The van der Waals surface area contributed by atoms with E-state index in [1.807, 2.05) is 9.58 Å². The maximum Gasteiger partial charge on any atom is 0.272 e. The number of carbonyl (C=O) groups excluding carboxylic acids is 1. The third-order valence-corrected chi connectivity index (χ3v) is 5.38. The Morgan fingerprint density at radius 2 is 2.03 bits per heavy atom. The van der Waals surface area contributed by atoms with E-state index in [1.165, 1.54) is 18.2 Å². The quantitative estimate of drug-likeness (QED) is 0.634. The summed E-state index contributed by atoms with van der Waals surface area (Å²) in [5, 5.41) is 7.44. The number of rotatable bonds is 9. The molecular formula is C22H30F2N4O2. The molecular weight excluding hydrogens is 390 g/mol. The number of halogens is 2. The number of aromatic nitrogens is 2. The minimum Gasteiger partial charge on any atom is -0.383 e. The normalized spacial score (nSPS) is 14.2. The first-order valence-electron chi connectivity index (χ1n) is 10.4. The predicted octanol–water partition coefficient (Wildman–Crippen LogP) is 3.14. The van der Waals surface area contributed by atoms with Gasteiger partial charge in [-0.05, 0) is 24.5 Å². The molecule has 1 N–H and O–H groups in total. The second-order valence-electron chi connectivity index (χ2n) is 8.09. The van der Waals surface area contributed by atoms with Gasteiger partial charge in [0.05, 0.1) is 6.61 Å². The van der Waals surface area contributed by atoms with Gasteiger partial charge in [0.25, 0.3) is 5.91 Å². The highest BCUT2D eigenvalue weighted by Gasteiger charge is 2.28. The summed E-state index contributed by atoms with van der Waals surface area (Å²) in [7, 11) is 1.58. The van der Waals surface area contributed by atoms with E-state index in [0.29, 0.717) is 44.3 Å².